The zero-order chi connectivity index (χ0) is 53.7. The monoisotopic (exact) mass is 960 g/mol. The van der Waals surface area contributed by atoms with Gasteiger partial charge >= 0.3 is 0 Å². The Bertz CT molecular complexity index is 2550. The van der Waals surface area contributed by atoms with Gasteiger partial charge in [0, 0.05) is 6.54 Å². The molecule has 72 heavy (non-hydrogen) atoms. The van der Waals surface area contributed by atoms with Crippen molar-refractivity contribution in [1.82, 2.24) is 4.90 Å². The van der Waals surface area contributed by atoms with Crippen LogP contribution < -0.4 is 0 Å². The smallest absolute Gasteiger partial charge is 0.0725 e. The van der Waals surface area contributed by atoms with Crippen LogP contribution in [0.1, 0.15) is 175 Å². The Hall–Kier alpha value is -6.28. The second-order valence-corrected chi connectivity index (χ2v) is 15.3. The molecular formula is C71H93N. The number of hydrogen-bond donors (Lipinski definition) is 0. The molecule has 8 aromatic rings. The molecule has 0 aromatic heterocycles. The Morgan fingerprint density at radius 1 is 0.264 bits per heavy atom. The molecule has 382 valence electrons. The molecule has 0 saturated heterocycles. The van der Waals surface area contributed by atoms with Crippen LogP contribution in [0.4, 0.5) is 0 Å². The molecular weight excluding hydrogens is 867 g/mol. The highest BCUT2D eigenvalue weighted by atomic mass is 15.1. The van der Waals surface area contributed by atoms with Crippen LogP contribution in [-0.2, 0) is 17.4 Å². The standard InChI is InChI=1S/C30H27N.C25H18.8C2H6/c1-3-31(4-2)20-21-17-18-25-24-13-7-10-16-28(24)30(29(25)19-21)26-14-8-5-11-22(26)23-12-6-9-15-27(23)30;1-3-11-19(12-4-1)25(20-13-5-2-6-14-20)23-17-9-7-15-21(23)22-16-8-10-18-24(22)25;8*1-2/h5-19H,3-4,20H2,1-2H3;1-18H;8*1-2H3. The van der Waals surface area contributed by atoms with Gasteiger partial charge in [-0.05, 0) is 96.5 Å². The summed E-state index contributed by atoms with van der Waals surface area (Å²) in [6.45, 7) is 39.6. The predicted octanol–water partition coefficient (Wildman–Crippen LogP) is 21.1. The van der Waals surface area contributed by atoms with Gasteiger partial charge in [0.2, 0.25) is 0 Å². The molecule has 0 N–H and O–H groups in total. The summed E-state index contributed by atoms with van der Waals surface area (Å²) < 4.78 is 0. The van der Waals surface area contributed by atoms with Crippen molar-refractivity contribution in [1.29, 1.82) is 0 Å². The third kappa shape index (κ3) is 11.8. The van der Waals surface area contributed by atoms with Crippen LogP contribution in [0.15, 0.2) is 200 Å². The summed E-state index contributed by atoms with van der Waals surface area (Å²) in [5.74, 6) is 0. The van der Waals surface area contributed by atoms with E-state index in [4.69, 9.17) is 0 Å². The fraction of sp³-hybridized carbons (Fsp3) is 0.324. The number of fused-ring (bicyclic) bond motifs is 13. The molecule has 0 bridgehead atoms. The highest BCUT2D eigenvalue weighted by Gasteiger charge is 2.51. The second kappa shape index (κ2) is 32.6. The van der Waals surface area contributed by atoms with Gasteiger partial charge in [0.25, 0.3) is 0 Å². The van der Waals surface area contributed by atoms with Crippen molar-refractivity contribution in [3.05, 3.63) is 250 Å². The van der Waals surface area contributed by atoms with E-state index in [9.17, 15) is 0 Å². The van der Waals surface area contributed by atoms with Crippen molar-refractivity contribution < 1.29 is 0 Å². The van der Waals surface area contributed by atoms with Crippen molar-refractivity contribution in [2.45, 2.75) is 142 Å². The third-order valence-corrected chi connectivity index (χ3v) is 12.7. The fourth-order valence-corrected chi connectivity index (χ4v) is 10.3. The maximum absolute atomic E-state index is 2.49. The van der Waals surface area contributed by atoms with Crippen molar-refractivity contribution in [3.8, 4) is 33.4 Å². The third-order valence-electron chi connectivity index (χ3n) is 12.7. The van der Waals surface area contributed by atoms with Crippen LogP contribution in [0.2, 0.25) is 0 Å². The molecule has 1 nitrogen and oxygen atoms in total. The first-order valence-electron chi connectivity index (χ1n) is 28.2. The first kappa shape index (κ1) is 61.8. The van der Waals surface area contributed by atoms with Gasteiger partial charge < -0.3 is 0 Å². The van der Waals surface area contributed by atoms with Gasteiger partial charge in [0.05, 0.1) is 10.8 Å². The van der Waals surface area contributed by atoms with Crippen molar-refractivity contribution in [2.24, 2.45) is 0 Å². The van der Waals surface area contributed by atoms with E-state index in [2.05, 4.69) is 219 Å². The molecule has 1 spiro atoms. The van der Waals surface area contributed by atoms with E-state index < -0.39 is 0 Å². The average molecular weight is 961 g/mol. The van der Waals surface area contributed by atoms with Gasteiger partial charge in [-0.15, -0.1) is 0 Å². The molecule has 3 aliphatic carbocycles. The summed E-state index contributed by atoms with van der Waals surface area (Å²) in [4.78, 5) is 2.49. The van der Waals surface area contributed by atoms with Gasteiger partial charge in [0.15, 0.2) is 0 Å². The van der Waals surface area contributed by atoms with E-state index in [0.717, 1.165) is 19.6 Å². The lowest BCUT2D eigenvalue weighted by molar-refractivity contribution is 0.296. The quantitative estimate of drug-likeness (QED) is 0.161. The van der Waals surface area contributed by atoms with Crippen molar-refractivity contribution in [2.75, 3.05) is 13.1 Å². The molecule has 0 amide bonds. The Balaban J connectivity index is 0.000000392. The molecule has 0 unspecified atom stereocenters. The number of hydrogen-bond acceptors (Lipinski definition) is 1. The van der Waals surface area contributed by atoms with Gasteiger partial charge in [0.1, 0.15) is 0 Å². The molecule has 11 rings (SSSR count). The zero-order valence-electron chi connectivity index (χ0n) is 48.1. The van der Waals surface area contributed by atoms with Crippen LogP contribution >= 0.6 is 0 Å². The number of nitrogens with zero attached hydrogens (tertiary/aromatic N) is 1. The van der Waals surface area contributed by atoms with Gasteiger partial charge in [-0.2, -0.15) is 0 Å². The lowest BCUT2D eigenvalue weighted by Gasteiger charge is -2.33. The van der Waals surface area contributed by atoms with E-state index >= 15 is 0 Å². The van der Waals surface area contributed by atoms with E-state index in [1.165, 1.54) is 83.5 Å². The van der Waals surface area contributed by atoms with Crippen LogP contribution in [0.5, 0.6) is 0 Å². The Kier molecular flexibility index (Phi) is 28.0. The molecule has 0 atom stereocenters. The Labute approximate surface area is 441 Å². The summed E-state index contributed by atoms with van der Waals surface area (Å²) >= 11 is 0. The minimum absolute atomic E-state index is 0.224. The summed E-state index contributed by atoms with van der Waals surface area (Å²) in [5.41, 5.74) is 20.2. The number of benzene rings is 8. The number of rotatable bonds is 6. The van der Waals surface area contributed by atoms with E-state index in [0.29, 0.717) is 0 Å². The molecule has 1 heteroatoms. The Morgan fingerprint density at radius 3 is 0.806 bits per heavy atom. The molecule has 0 heterocycles. The highest BCUT2D eigenvalue weighted by molar-refractivity contribution is 5.95. The minimum Gasteiger partial charge on any atom is -0.300 e. The average Bonchev–Trinajstić information content (AvgIpc) is 4.09. The maximum Gasteiger partial charge on any atom is 0.0725 e. The maximum atomic E-state index is 2.49. The van der Waals surface area contributed by atoms with Crippen LogP contribution in [0.25, 0.3) is 33.4 Å². The summed E-state index contributed by atoms with van der Waals surface area (Å²) in [6, 6.07) is 73.7. The zero-order valence-corrected chi connectivity index (χ0v) is 48.1. The highest BCUT2D eigenvalue weighted by Crippen LogP contribution is 2.63. The SMILES string of the molecule is CC.CC.CC.CC.CC.CC.CC.CC.CCN(CC)Cc1ccc2c(c1)C1(c3ccccc3-c3ccccc31)c1ccccc1-2.c1ccc(C2(c3ccccc3)c3ccccc3-c3ccccc32)cc1. The molecule has 3 aliphatic rings. The molecule has 8 aromatic carbocycles. The first-order chi connectivity index (χ1) is 35.7. The summed E-state index contributed by atoms with van der Waals surface area (Å²) in [7, 11) is 0. The minimum atomic E-state index is -0.254. The fourth-order valence-electron chi connectivity index (χ4n) is 10.3. The van der Waals surface area contributed by atoms with Gasteiger partial charge in [-0.3, -0.25) is 4.90 Å². The van der Waals surface area contributed by atoms with Crippen molar-refractivity contribution in [3.63, 3.8) is 0 Å². The lowest BCUT2D eigenvalue weighted by atomic mass is 9.68. The first-order valence-corrected chi connectivity index (χ1v) is 28.2. The van der Waals surface area contributed by atoms with E-state index in [1.54, 1.807) is 0 Å². The van der Waals surface area contributed by atoms with Crippen LogP contribution in [-0.4, -0.2) is 18.0 Å². The lowest BCUT2D eigenvalue weighted by Crippen LogP contribution is -2.28. The Morgan fingerprint density at radius 2 is 0.514 bits per heavy atom. The van der Waals surface area contributed by atoms with Gasteiger partial charge in [-0.1, -0.05) is 325 Å². The largest absolute Gasteiger partial charge is 0.300 e. The van der Waals surface area contributed by atoms with Crippen LogP contribution in [0, 0.1) is 0 Å². The van der Waals surface area contributed by atoms with E-state index in [-0.39, 0.29) is 10.8 Å². The van der Waals surface area contributed by atoms with E-state index in [1.807, 2.05) is 111 Å². The normalized spacial score (nSPS) is 11.7. The molecule has 0 aliphatic heterocycles. The van der Waals surface area contributed by atoms with Gasteiger partial charge in [-0.25, -0.2) is 0 Å². The van der Waals surface area contributed by atoms with Crippen LogP contribution in [0.3, 0.4) is 0 Å². The van der Waals surface area contributed by atoms with Crippen molar-refractivity contribution >= 4 is 0 Å². The second-order valence-electron chi connectivity index (χ2n) is 15.3. The predicted molar refractivity (Wildman–Crippen MR) is 324 cm³/mol. The molecule has 0 saturated carbocycles. The molecule has 0 fully saturated rings. The topological polar surface area (TPSA) is 3.24 Å². The summed E-state index contributed by atoms with van der Waals surface area (Å²) in [6.07, 6.45) is 0. The summed E-state index contributed by atoms with van der Waals surface area (Å²) in [5, 5.41) is 0. The molecule has 0 radical (unpaired) electrons.